The SMILES string of the molecule is CC(C)c1cnc(Nc2ccc(CN)cc2)nc1. The number of benzene rings is 1. The summed E-state index contributed by atoms with van der Waals surface area (Å²) in [6.45, 7) is 4.80. The minimum atomic E-state index is 0.447. The summed E-state index contributed by atoms with van der Waals surface area (Å²) in [5.74, 6) is 1.06. The fraction of sp³-hybridized carbons (Fsp3) is 0.286. The van der Waals surface area contributed by atoms with Gasteiger partial charge >= 0.3 is 0 Å². The Balaban J connectivity index is 2.08. The molecule has 2 aromatic rings. The Hall–Kier alpha value is -1.94. The van der Waals surface area contributed by atoms with E-state index in [1.807, 2.05) is 36.7 Å². The normalized spacial score (nSPS) is 10.7. The van der Waals surface area contributed by atoms with E-state index in [2.05, 4.69) is 29.1 Å². The second kappa shape index (κ2) is 5.60. The molecule has 0 bridgehead atoms. The molecule has 0 spiro atoms. The molecule has 0 atom stereocenters. The smallest absolute Gasteiger partial charge is 0.227 e. The number of nitrogens with one attached hydrogen (secondary N) is 1. The highest BCUT2D eigenvalue weighted by Gasteiger charge is 2.01. The Morgan fingerprint density at radius 1 is 1.11 bits per heavy atom. The fourth-order valence-corrected chi connectivity index (χ4v) is 1.55. The number of nitrogens with zero attached hydrogens (tertiary/aromatic N) is 2. The summed E-state index contributed by atoms with van der Waals surface area (Å²) < 4.78 is 0. The molecule has 2 rings (SSSR count). The van der Waals surface area contributed by atoms with Crippen LogP contribution in [0.2, 0.25) is 0 Å². The lowest BCUT2D eigenvalue weighted by Crippen LogP contribution is -2.00. The summed E-state index contributed by atoms with van der Waals surface area (Å²) in [5, 5.41) is 3.16. The van der Waals surface area contributed by atoms with Gasteiger partial charge in [-0.15, -0.1) is 0 Å². The van der Waals surface area contributed by atoms with Crippen molar-refractivity contribution in [2.75, 3.05) is 5.32 Å². The van der Waals surface area contributed by atoms with Crippen LogP contribution in [0.1, 0.15) is 30.9 Å². The molecule has 94 valence electrons. The number of aromatic nitrogens is 2. The Morgan fingerprint density at radius 2 is 1.72 bits per heavy atom. The van der Waals surface area contributed by atoms with E-state index >= 15 is 0 Å². The molecule has 0 saturated heterocycles. The molecule has 3 N–H and O–H groups in total. The van der Waals surface area contributed by atoms with Crippen molar-refractivity contribution in [2.45, 2.75) is 26.3 Å². The van der Waals surface area contributed by atoms with Crippen molar-refractivity contribution in [3.8, 4) is 0 Å². The molecule has 0 aliphatic heterocycles. The van der Waals surface area contributed by atoms with E-state index < -0.39 is 0 Å². The molecule has 4 heteroatoms. The van der Waals surface area contributed by atoms with E-state index in [9.17, 15) is 0 Å². The van der Waals surface area contributed by atoms with E-state index in [1.165, 1.54) is 0 Å². The van der Waals surface area contributed by atoms with E-state index in [-0.39, 0.29) is 0 Å². The minimum Gasteiger partial charge on any atom is -0.326 e. The third-order valence-corrected chi connectivity index (χ3v) is 2.78. The summed E-state index contributed by atoms with van der Waals surface area (Å²) in [6, 6.07) is 7.93. The summed E-state index contributed by atoms with van der Waals surface area (Å²) in [4.78, 5) is 8.58. The molecule has 18 heavy (non-hydrogen) atoms. The molecule has 1 aromatic heterocycles. The molecule has 0 fully saturated rings. The molecule has 0 saturated carbocycles. The highest BCUT2D eigenvalue weighted by atomic mass is 15.1. The predicted molar refractivity (Wildman–Crippen MR) is 73.7 cm³/mol. The van der Waals surface area contributed by atoms with Gasteiger partial charge in [0.2, 0.25) is 5.95 Å². The zero-order valence-electron chi connectivity index (χ0n) is 10.7. The summed E-state index contributed by atoms with van der Waals surface area (Å²) in [5.41, 5.74) is 8.76. The van der Waals surface area contributed by atoms with Crippen LogP contribution >= 0.6 is 0 Å². The quantitative estimate of drug-likeness (QED) is 0.865. The zero-order valence-corrected chi connectivity index (χ0v) is 10.7. The van der Waals surface area contributed by atoms with Gasteiger partial charge in [-0.1, -0.05) is 26.0 Å². The molecule has 0 radical (unpaired) electrons. The van der Waals surface area contributed by atoms with E-state index in [0.29, 0.717) is 18.4 Å². The second-order valence-corrected chi connectivity index (χ2v) is 4.52. The van der Waals surface area contributed by atoms with Crippen LogP contribution in [0.15, 0.2) is 36.7 Å². The molecule has 0 aliphatic carbocycles. The molecule has 1 heterocycles. The number of nitrogens with two attached hydrogens (primary N) is 1. The van der Waals surface area contributed by atoms with Crippen LogP contribution < -0.4 is 11.1 Å². The lowest BCUT2D eigenvalue weighted by molar-refractivity contribution is 0.847. The first-order chi connectivity index (χ1) is 8.69. The highest BCUT2D eigenvalue weighted by molar-refractivity contribution is 5.53. The van der Waals surface area contributed by atoms with Crippen molar-refractivity contribution < 1.29 is 0 Å². The van der Waals surface area contributed by atoms with Crippen LogP contribution in [-0.2, 0) is 6.54 Å². The van der Waals surface area contributed by atoms with Gasteiger partial charge in [-0.25, -0.2) is 9.97 Å². The summed E-state index contributed by atoms with van der Waals surface area (Å²) in [7, 11) is 0. The van der Waals surface area contributed by atoms with Gasteiger partial charge in [0.15, 0.2) is 0 Å². The van der Waals surface area contributed by atoms with Crippen molar-refractivity contribution in [3.05, 3.63) is 47.8 Å². The van der Waals surface area contributed by atoms with Crippen molar-refractivity contribution in [3.63, 3.8) is 0 Å². The van der Waals surface area contributed by atoms with Crippen molar-refractivity contribution >= 4 is 11.6 Å². The fourth-order valence-electron chi connectivity index (χ4n) is 1.55. The maximum atomic E-state index is 5.55. The Kier molecular flexibility index (Phi) is 3.89. The zero-order chi connectivity index (χ0) is 13.0. The molecular weight excluding hydrogens is 224 g/mol. The third kappa shape index (κ3) is 3.05. The molecule has 1 aromatic carbocycles. The van der Waals surface area contributed by atoms with Gasteiger partial charge in [0.25, 0.3) is 0 Å². The van der Waals surface area contributed by atoms with Gasteiger partial charge in [-0.2, -0.15) is 0 Å². The van der Waals surface area contributed by atoms with Crippen LogP contribution in [0.25, 0.3) is 0 Å². The summed E-state index contributed by atoms with van der Waals surface area (Å²) >= 11 is 0. The largest absolute Gasteiger partial charge is 0.326 e. The van der Waals surface area contributed by atoms with E-state index in [4.69, 9.17) is 5.73 Å². The number of rotatable bonds is 4. The van der Waals surface area contributed by atoms with Crippen LogP contribution in [0, 0.1) is 0 Å². The van der Waals surface area contributed by atoms with E-state index in [0.717, 1.165) is 16.8 Å². The summed E-state index contributed by atoms with van der Waals surface area (Å²) in [6.07, 6.45) is 3.71. The van der Waals surface area contributed by atoms with Gasteiger partial charge in [0, 0.05) is 24.6 Å². The number of hydrogen-bond acceptors (Lipinski definition) is 4. The number of hydrogen-bond donors (Lipinski definition) is 2. The lowest BCUT2D eigenvalue weighted by Gasteiger charge is -2.07. The molecule has 0 aliphatic rings. The van der Waals surface area contributed by atoms with Gasteiger partial charge < -0.3 is 11.1 Å². The Morgan fingerprint density at radius 3 is 2.22 bits per heavy atom. The monoisotopic (exact) mass is 242 g/mol. The number of anilines is 2. The predicted octanol–water partition coefficient (Wildman–Crippen LogP) is 2.80. The van der Waals surface area contributed by atoms with Crippen LogP contribution in [0.5, 0.6) is 0 Å². The van der Waals surface area contributed by atoms with Crippen molar-refractivity contribution in [1.82, 2.24) is 9.97 Å². The molecule has 0 amide bonds. The van der Waals surface area contributed by atoms with Crippen molar-refractivity contribution in [2.24, 2.45) is 5.73 Å². The lowest BCUT2D eigenvalue weighted by atomic mass is 10.1. The minimum absolute atomic E-state index is 0.447. The third-order valence-electron chi connectivity index (χ3n) is 2.78. The van der Waals surface area contributed by atoms with Crippen LogP contribution in [0.4, 0.5) is 11.6 Å². The average Bonchev–Trinajstić information content (AvgIpc) is 2.40. The standard InChI is InChI=1S/C14H18N4/c1-10(2)12-8-16-14(17-9-12)18-13-5-3-11(7-15)4-6-13/h3-6,8-10H,7,15H2,1-2H3,(H,16,17,18). The van der Waals surface area contributed by atoms with Gasteiger partial charge in [0.05, 0.1) is 0 Å². The first-order valence-electron chi connectivity index (χ1n) is 6.07. The maximum absolute atomic E-state index is 5.55. The second-order valence-electron chi connectivity index (χ2n) is 4.52. The topological polar surface area (TPSA) is 63.8 Å². The Bertz CT molecular complexity index is 488. The maximum Gasteiger partial charge on any atom is 0.227 e. The average molecular weight is 242 g/mol. The Labute approximate surface area is 107 Å². The van der Waals surface area contributed by atoms with Gasteiger partial charge in [-0.3, -0.25) is 0 Å². The van der Waals surface area contributed by atoms with Crippen LogP contribution in [-0.4, -0.2) is 9.97 Å². The first-order valence-corrected chi connectivity index (χ1v) is 6.07. The van der Waals surface area contributed by atoms with Gasteiger partial charge in [-0.05, 0) is 29.2 Å². The molecule has 0 unspecified atom stereocenters. The van der Waals surface area contributed by atoms with Gasteiger partial charge in [0.1, 0.15) is 0 Å². The first kappa shape index (κ1) is 12.5. The molecular formula is C14H18N4. The molecule has 4 nitrogen and oxygen atoms in total. The van der Waals surface area contributed by atoms with E-state index in [1.54, 1.807) is 0 Å². The van der Waals surface area contributed by atoms with Crippen LogP contribution in [0.3, 0.4) is 0 Å². The van der Waals surface area contributed by atoms with Crippen molar-refractivity contribution in [1.29, 1.82) is 0 Å². The highest BCUT2D eigenvalue weighted by Crippen LogP contribution is 2.16.